The van der Waals surface area contributed by atoms with Crippen molar-refractivity contribution in [2.45, 2.75) is 52.1 Å². The van der Waals surface area contributed by atoms with E-state index < -0.39 is 12.0 Å². The van der Waals surface area contributed by atoms with E-state index in [1.807, 2.05) is 26.8 Å². The zero-order valence-corrected chi connectivity index (χ0v) is 21.0. The number of rotatable bonds is 5. The molecule has 1 aromatic rings. The summed E-state index contributed by atoms with van der Waals surface area (Å²) in [4.78, 5) is 34.8. The third kappa shape index (κ3) is 5.88. The summed E-state index contributed by atoms with van der Waals surface area (Å²) in [5.41, 5.74) is -0.251. The lowest BCUT2D eigenvalue weighted by Crippen LogP contribution is -2.46. The number of halogens is 2. The van der Waals surface area contributed by atoms with Crippen LogP contribution in [0.3, 0.4) is 0 Å². The zero-order valence-electron chi connectivity index (χ0n) is 21.0. The molecule has 3 aliphatic rings. The summed E-state index contributed by atoms with van der Waals surface area (Å²) in [6.07, 6.45) is 5.73. The van der Waals surface area contributed by atoms with Crippen LogP contribution in [0, 0.1) is 5.41 Å². The predicted molar refractivity (Wildman–Crippen MR) is 135 cm³/mol. The first-order valence-electron chi connectivity index (χ1n) is 12.1. The maximum atomic E-state index is 13.2. The second kappa shape index (κ2) is 10.3. The van der Waals surface area contributed by atoms with Crippen LogP contribution < -0.4 is 4.90 Å². The van der Waals surface area contributed by atoms with E-state index in [9.17, 15) is 13.6 Å². The predicted octanol–water partition coefficient (Wildman–Crippen LogP) is 4.20. The highest BCUT2D eigenvalue weighted by Crippen LogP contribution is 2.42. The van der Waals surface area contributed by atoms with E-state index >= 15 is 0 Å². The third-order valence-corrected chi connectivity index (χ3v) is 6.66. The van der Waals surface area contributed by atoms with Crippen LogP contribution in [0.25, 0.3) is 5.70 Å². The Kier molecular flexibility index (Phi) is 7.37. The maximum Gasteiger partial charge on any atom is 0.410 e. The van der Waals surface area contributed by atoms with Gasteiger partial charge in [0.05, 0.1) is 12.7 Å². The molecule has 4 rings (SSSR count). The van der Waals surface area contributed by atoms with Gasteiger partial charge in [-0.25, -0.2) is 23.5 Å². The van der Waals surface area contributed by atoms with Crippen molar-refractivity contribution < 1.29 is 18.3 Å². The molecule has 0 N–H and O–H groups in total. The number of ether oxygens (including phenoxy) is 1. The Morgan fingerprint density at radius 3 is 2.64 bits per heavy atom. The van der Waals surface area contributed by atoms with E-state index in [1.165, 1.54) is 18.6 Å². The molecule has 36 heavy (non-hydrogen) atoms. The van der Waals surface area contributed by atoms with Gasteiger partial charge in [0, 0.05) is 44.8 Å². The second-order valence-corrected chi connectivity index (χ2v) is 10.4. The van der Waals surface area contributed by atoms with E-state index in [4.69, 9.17) is 9.72 Å². The molecule has 0 aliphatic carbocycles. The lowest BCUT2D eigenvalue weighted by molar-refractivity contribution is 0.0122. The number of hydrogen-bond donors (Lipinski definition) is 0. The minimum atomic E-state index is -2.68. The van der Waals surface area contributed by atoms with Crippen molar-refractivity contribution >= 4 is 30.5 Å². The van der Waals surface area contributed by atoms with Gasteiger partial charge in [-0.15, -0.1) is 0 Å². The molecule has 0 radical (unpaired) electrons. The van der Waals surface area contributed by atoms with E-state index in [0.717, 1.165) is 38.2 Å². The number of allylic oxidation sites excluding steroid dienone is 1. The third-order valence-electron chi connectivity index (χ3n) is 6.66. The monoisotopic (exact) mass is 501 g/mol. The number of aromatic nitrogens is 2. The van der Waals surface area contributed by atoms with Crippen molar-refractivity contribution in [2.24, 2.45) is 15.4 Å². The minimum absolute atomic E-state index is 0.114. The van der Waals surface area contributed by atoms with Gasteiger partial charge in [0.25, 0.3) is 6.43 Å². The highest BCUT2D eigenvalue weighted by atomic mass is 19.3. The Morgan fingerprint density at radius 2 is 1.97 bits per heavy atom. The first-order chi connectivity index (χ1) is 17.1. The van der Waals surface area contributed by atoms with Gasteiger partial charge in [0.15, 0.2) is 5.82 Å². The minimum Gasteiger partial charge on any atom is -0.444 e. The Morgan fingerprint density at radius 1 is 1.25 bits per heavy atom. The lowest BCUT2D eigenvalue weighted by atomic mass is 9.78. The van der Waals surface area contributed by atoms with Crippen LogP contribution in [-0.2, 0) is 4.74 Å². The van der Waals surface area contributed by atoms with E-state index in [-0.39, 0.29) is 17.2 Å². The molecule has 0 saturated carbocycles. The SMILES string of the molecule is C=N/C=C(/c1nccc(N2CCC3(CCN(C(=O)OC(C)(C)C)CC3)C2)n1)N1C=C(C(F)F)N=CC1. The molecule has 0 bridgehead atoms. The van der Waals surface area contributed by atoms with Crippen LogP contribution in [0.5, 0.6) is 0 Å². The molecule has 9 nitrogen and oxygen atoms in total. The number of nitrogens with zero attached hydrogens (tertiary/aromatic N) is 7. The summed E-state index contributed by atoms with van der Waals surface area (Å²) in [6, 6.07) is 1.86. The van der Waals surface area contributed by atoms with E-state index in [2.05, 4.69) is 26.6 Å². The maximum absolute atomic E-state index is 13.2. The summed E-state index contributed by atoms with van der Waals surface area (Å²) in [6.45, 7) is 12.4. The van der Waals surface area contributed by atoms with Gasteiger partial charge < -0.3 is 19.4 Å². The average molecular weight is 502 g/mol. The van der Waals surface area contributed by atoms with Gasteiger partial charge in [-0.2, -0.15) is 0 Å². The fraction of sp³-hybridized carbons (Fsp3) is 0.560. The van der Waals surface area contributed by atoms with Gasteiger partial charge in [-0.05, 0) is 58.2 Å². The Bertz CT molecular complexity index is 1070. The molecule has 1 aromatic heterocycles. The number of hydrogen-bond acceptors (Lipinski definition) is 8. The molecule has 11 heteroatoms. The first kappa shape index (κ1) is 25.7. The number of carbonyl (C=O) groups excluding carboxylic acids is 1. The van der Waals surface area contributed by atoms with Crippen LogP contribution in [-0.4, -0.2) is 83.5 Å². The van der Waals surface area contributed by atoms with Crippen LogP contribution in [0.4, 0.5) is 19.4 Å². The summed E-state index contributed by atoms with van der Waals surface area (Å²) < 4.78 is 31.9. The van der Waals surface area contributed by atoms with Gasteiger partial charge in [-0.3, -0.25) is 9.98 Å². The van der Waals surface area contributed by atoms with Gasteiger partial charge in [-0.1, -0.05) is 0 Å². The smallest absolute Gasteiger partial charge is 0.410 e. The van der Waals surface area contributed by atoms with Crippen molar-refractivity contribution in [3.8, 4) is 0 Å². The van der Waals surface area contributed by atoms with Gasteiger partial charge in [0.1, 0.15) is 22.8 Å². The van der Waals surface area contributed by atoms with Crippen molar-refractivity contribution in [1.82, 2.24) is 19.8 Å². The fourth-order valence-electron chi connectivity index (χ4n) is 4.78. The van der Waals surface area contributed by atoms with Crippen molar-refractivity contribution in [3.05, 3.63) is 36.2 Å². The van der Waals surface area contributed by atoms with Crippen LogP contribution in [0.15, 0.2) is 40.3 Å². The van der Waals surface area contributed by atoms with Crippen LogP contribution in [0.2, 0.25) is 0 Å². The largest absolute Gasteiger partial charge is 0.444 e. The molecule has 4 heterocycles. The number of alkyl halides is 2. The van der Waals surface area contributed by atoms with Gasteiger partial charge in [0.2, 0.25) is 0 Å². The van der Waals surface area contributed by atoms with E-state index in [0.29, 0.717) is 31.2 Å². The highest BCUT2D eigenvalue weighted by Gasteiger charge is 2.42. The Hall–Kier alpha value is -3.37. The van der Waals surface area contributed by atoms with Gasteiger partial charge >= 0.3 is 6.09 Å². The topological polar surface area (TPSA) is 86.5 Å². The number of aliphatic imine (C=N–C) groups is 2. The summed E-state index contributed by atoms with van der Waals surface area (Å²) in [5, 5.41) is 0. The van der Waals surface area contributed by atoms with Crippen LogP contribution in [0.1, 0.15) is 45.9 Å². The molecule has 194 valence electrons. The zero-order chi connectivity index (χ0) is 25.9. The lowest BCUT2D eigenvalue weighted by Gasteiger charge is -2.39. The van der Waals surface area contributed by atoms with E-state index in [1.54, 1.807) is 16.0 Å². The Labute approximate surface area is 210 Å². The molecule has 0 aromatic carbocycles. The quantitative estimate of drug-likeness (QED) is 0.563. The number of carbonyl (C=O) groups is 1. The molecule has 0 atom stereocenters. The highest BCUT2D eigenvalue weighted by molar-refractivity contribution is 5.70. The molecule has 3 aliphatic heterocycles. The molecule has 2 fully saturated rings. The first-order valence-corrected chi connectivity index (χ1v) is 12.1. The summed E-state index contributed by atoms with van der Waals surface area (Å²) in [7, 11) is 0. The van der Waals surface area contributed by atoms with Crippen molar-refractivity contribution in [2.75, 3.05) is 37.6 Å². The number of amides is 1. The number of piperidine rings is 1. The number of anilines is 1. The normalized spacial score (nSPS) is 20.2. The van der Waals surface area contributed by atoms with Crippen molar-refractivity contribution in [3.63, 3.8) is 0 Å². The second-order valence-electron chi connectivity index (χ2n) is 10.4. The van der Waals surface area contributed by atoms with Crippen molar-refractivity contribution in [1.29, 1.82) is 0 Å². The molecule has 1 spiro atoms. The molecular formula is C25H33F2N7O2. The molecular weight excluding hydrogens is 468 g/mol. The molecule has 0 unspecified atom stereocenters. The molecule has 1 amide bonds. The summed E-state index contributed by atoms with van der Waals surface area (Å²) in [5.74, 6) is 1.14. The molecule has 2 saturated heterocycles. The average Bonchev–Trinajstić information content (AvgIpc) is 3.25. The number of likely N-dealkylation sites (tertiary alicyclic amines) is 1. The fourth-order valence-corrected chi connectivity index (χ4v) is 4.78. The Balaban J connectivity index is 1.45. The summed E-state index contributed by atoms with van der Waals surface area (Å²) >= 11 is 0. The standard InChI is InChI=1S/C25H33F2N7O2/c1-24(2,3)36-23(35)32-11-6-25(7-12-32)8-13-34(17-25)20-5-9-30-22(31-20)19(15-28-4)33-14-10-29-18(16-33)21(26)27/h5,9-10,15-16,21H,4,6-8,11-14,17H2,1-3H3/b19-15-. The van der Waals surface area contributed by atoms with Crippen LogP contribution >= 0.6 is 0 Å².